The van der Waals surface area contributed by atoms with Gasteiger partial charge in [0.25, 0.3) is 11.2 Å². The molecule has 41 heavy (non-hydrogen) atoms. The van der Waals surface area contributed by atoms with Gasteiger partial charge in [0, 0.05) is 36.3 Å². The zero-order chi connectivity index (χ0) is 30.1. The van der Waals surface area contributed by atoms with Crippen molar-refractivity contribution in [2.45, 2.75) is 70.4 Å². The molecule has 3 aromatic rings. The molecular weight excluding hydrogens is 659 g/mol. The number of hydrogen-bond donors (Lipinski definition) is 1. The number of nitro groups is 1. The minimum atomic E-state index is -2.10. The third kappa shape index (κ3) is 7.05. The maximum absolute atomic E-state index is 12.9. The van der Waals surface area contributed by atoms with Gasteiger partial charge in [0.15, 0.2) is 14.0 Å². The summed E-state index contributed by atoms with van der Waals surface area (Å²) in [5.74, 6) is 0.187. The number of nitrogens with one attached hydrogen (secondary N) is 1. The Morgan fingerprint density at radius 3 is 2.71 bits per heavy atom. The predicted octanol–water partition coefficient (Wildman–Crippen LogP) is 5.35. The number of aromatic nitrogens is 3. The normalized spacial score (nSPS) is 19.9. The number of halogens is 1. The van der Waals surface area contributed by atoms with Crippen LogP contribution in [0.15, 0.2) is 40.2 Å². The van der Waals surface area contributed by atoms with E-state index in [2.05, 4.69) is 71.4 Å². The summed E-state index contributed by atoms with van der Waals surface area (Å²) in [7, 11) is 1.56. The zero-order valence-electron chi connectivity index (χ0n) is 24.4. The first-order valence-corrected chi connectivity index (χ1v) is 17.3. The molecule has 1 aromatic carbocycles. The molecule has 12 nitrogen and oxygen atoms in total. The number of nitro benzene ring substituents is 1. The van der Waals surface area contributed by atoms with Crippen LogP contribution in [0.1, 0.15) is 39.0 Å². The van der Waals surface area contributed by atoms with Gasteiger partial charge >= 0.3 is 0 Å². The van der Waals surface area contributed by atoms with E-state index in [1.54, 1.807) is 29.4 Å². The van der Waals surface area contributed by atoms with Gasteiger partial charge in [-0.2, -0.15) is 4.98 Å². The fourth-order valence-corrected chi connectivity index (χ4v) is 6.06. The molecule has 0 radical (unpaired) electrons. The highest BCUT2D eigenvalue weighted by Gasteiger charge is 2.42. The van der Waals surface area contributed by atoms with Crippen LogP contribution in [0.25, 0.3) is 11.0 Å². The average molecular weight is 697 g/mol. The van der Waals surface area contributed by atoms with Crippen LogP contribution in [0.3, 0.4) is 0 Å². The highest BCUT2D eigenvalue weighted by atomic mass is 127. The molecule has 0 saturated carbocycles. The Bertz CT molecular complexity index is 1500. The molecule has 0 amide bonds. The van der Waals surface area contributed by atoms with E-state index in [4.69, 9.17) is 13.9 Å². The molecule has 0 spiro atoms. The molecule has 1 aliphatic rings. The van der Waals surface area contributed by atoms with Gasteiger partial charge in [-0.1, -0.05) is 32.9 Å². The number of ether oxygens (including phenoxy) is 2. The van der Waals surface area contributed by atoms with Gasteiger partial charge in [0.2, 0.25) is 5.95 Å². The predicted molar refractivity (Wildman–Crippen MR) is 168 cm³/mol. The second-order valence-electron chi connectivity index (χ2n) is 11.9. The van der Waals surface area contributed by atoms with Crippen molar-refractivity contribution in [3.8, 4) is 0 Å². The van der Waals surface area contributed by atoms with Crippen LogP contribution < -0.4 is 5.56 Å². The van der Waals surface area contributed by atoms with Crippen LogP contribution in [0.5, 0.6) is 0 Å². The Hall–Kier alpha value is -2.66. The summed E-state index contributed by atoms with van der Waals surface area (Å²) in [5, 5.41) is 12.0. The fraction of sp³-hybridized carbons (Fsp3) is 0.519. The van der Waals surface area contributed by atoms with Crippen LogP contribution >= 0.6 is 22.6 Å². The highest BCUT2D eigenvalue weighted by Crippen LogP contribution is 2.39. The number of para-hydroxylation sites is 1. The molecule has 14 heteroatoms. The number of rotatable bonds is 10. The van der Waals surface area contributed by atoms with Crippen molar-refractivity contribution in [2.24, 2.45) is 4.99 Å². The van der Waals surface area contributed by atoms with E-state index in [0.717, 1.165) is 3.57 Å². The van der Waals surface area contributed by atoms with E-state index in [0.29, 0.717) is 29.6 Å². The van der Waals surface area contributed by atoms with Crippen LogP contribution in [0.2, 0.25) is 18.1 Å². The summed E-state index contributed by atoms with van der Waals surface area (Å²) in [6, 6.07) is 6.56. The van der Waals surface area contributed by atoms with Crippen molar-refractivity contribution in [1.29, 1.82) is 0 Å². The van der Waals surface area contributed by atoms with E-state index in [-0.39, 0.29) is 28.8 Å². The summed E-state index contributed by atoms with van der Waals surface area (Å²) < 4.78 is 21.9. The number of aromatic amines is 1. The second kappa shape index (κ2) is 12.3. The van der Waals surface area contributed by atoms with Gasteiger partial charge in [-0.15, -0.1) is 0 Å². The highest BCUT2D eigenvalue weighted by molar-refractivity contribution is 14.1. The van der Waals surface area contributed by atoms with Gasteiger partial charge in [0.05, 0.1) is 41.5 Å². The second-order valence-corrected chi connectivity index (χ2v) is 17.8. The summed E-state index contributed by atoms with van der Waals surface area (Å²) in [4.78, 5) is 37.5. The number of fused-ring (bicyclic) bond motifs is 1. The van der Waals surface area contributed by atoms with E-state index < -0.39 is 31.7 Å². The largest absolute Gasteiger partial charge is 0.414 e. The van der Waals surface area contributed by atoms with Gasteiger partial charge in [-0.25, -0.2) is 4.99 Å². The van der Waals surface area contributed by atoms with Gasteiger partial charge < -0.3 is 23.4 Å². The Kier molecular flexibility index (Phi) is 9.37. The first kappa shape index (κ1) is 31.3. The minimum absolute atomic E-state index is 0.00712. The zero-order valence-corrected chi connectivity index (χ0v) is 27.5. The fourth-order valence-electron chi connectivity index (χ4n) is 4.26. The third-order valence-electron chi connectivity index (χ3n) is 7.58. The van der Waals surface area contributed by atoms with Gasteiger partial charge in [-0.05, 0) is 46.8 Å². The van der Waals surface area contributed by atoms with E-state index in [9.17, 15) is 14.9 Å². The average Bonchev–Trinajstić information content (AvgIpc) is 3.45. The molecule has 1 unspecified atom stereocenters. The summed E-state index contributed by atoms with van der Waals surface area (Å²) in [6.45, 7) is 11.2. The quantitative estimate of drug-likeness (QED) is 0.0748. The van der Waals surface area contributed by atoms with E-state index in [1.165, 1.54) is 6.07 Å². The van der Waals surface area contributed by atoms with Crippen molar-refractivity contribution in [3.63, 3.8) is 0 Å². The molecule has 3 atom stereocenters. The SMILES string of the molecule is CN(C)/C=N\c1nc2c(c(I)cn2[C@H]2CC(OCc3ccccc3[N+](=O)[O-])[C@@H](CO[Si](C)(C)C(C)(C)C)O2)c(=O)[nH]1. The number of benzene rings is 1. The van der Waals surface area contributed by atoms with Crippen LogP contribution in [-0.4, -0.2) is 71.9 Å². The summed E-state index contributed by atoms with van der Waals surface area (Å²) in [5.41, 5.74) is 0.668. The van der Waals surface area contributed by atoms with Crippen LogP contribution in [0, 0.1) is 13.7 Å². The monoisotopic (exact) mass is 696 g/mol. The van der Waals surface area contributed by atoms with Crippen LogP contribution in [-0.2, 0) is 20.5 Å². The van der Waals surface area contributed by atoms with Crippen molar-refractivity contribution in [2.75, 3.05) is 20.7 Å². The topological polar surface area (TPSA) is 137 Å². The number of hydrogen-bond acceptors (Lipinski definition) is 8. The Morgan fingerprint density at radius 1 is 1.34 bits per heavy atom. The molecular formula is C27H37IN6O6Si. The van der Waals surface area contributed by atoms with Gasteiger partial charge in [-0.3, -0.25) is 19.9 Å². The third-order valence-corrected chi connectivity index (χ3v) is 12.9. The van der Waals surface area contributed by atoms with Crippen LogP contribution in [0.4, 0.5) is 11.6 Å². The molecule has 1 fully saturated rings. The molecule has 4 rings (SSSR count). The minimum Gasteiger partial charge on any atom is -0.414 e. The van der Waals surface area contributed by atoms with Crippen molar-refractivity contribution < 1.29 is 18.8 Å². The smallest absolute Gasteiger partial charge is 0.274 e. The Balaban J connectivity index is 1.65. The lowest BCUT2D eigenvalue weighted by atomic mass is 10.1. The van der Waals surface area contributed by atoms with Gasteiger partial charge in [0.1, 0.15) is 12.3 Å². The lowest BCUT2D eigenvalue weighted by Gasteiger charge is -2.37. The molecule has 222 valence electrons. The molecule has 1 saturated heterocycles. The summed E-state index contributed by atoms with van der Waals surface area (Å²) >= 11 is 2.12. The molecule has 0 bridgehead atoms. The Labute approximate surface area is 253 Å². The molecule has 0 aliphatic carbocycles. The first-order valence-electron chi connectivity index (χ1n) is 13.3. The molecule has 1 aliphatic heterocycles. The molecule has 3 heterocycles. The number of nitrogens with zero attached hydrogens (tertiary/aromatic N) is 5. The van der Waals surface area contributed by atoms with Crippen molar-refractivity contribution in [3.05, 3.63) is 60.1 Å². The standard InChI is InChI=1S/C27H37IN6O6Si/c1-27(2,3)41(6,7)39-15-21-20(38-14-17-10-8-9-11-19(17)34(36)37)12-22(40-21)33-13-18(28)23-24(33)30-26(31-25(23)35)29-16-32(4)5/h8-11,13,16,20-22H,12,14-15H2,1-7H3,(H,30,31,35)/b29-16-/t20?,21-,22-/m1/s1. The Morgan fingerprint density at radius 2 is 2.05 bits per heavy atom. The first-order chi connectivity index (χ1) is 19.2. The van der Waals surface area contributed by atoms with E-state index >= 15 is 0 Å². The molecule has 1 N–H and O–H groups in total. The maximum atomic E-state index is 12.9. The molecule has 2 aromatic heterocycles. The lowest BCUT2D eigenvalue weighted by molar-refractivity contribution is -0.386. The van der Waals surface area contributed by atoms with Crippen molar-refractivity contribution >= 4 is 59.9 Å². The van der Waals surface area contributed by atoms with E-state index in [1.807, 2.05) is 24.9 Å². The van der Waals surface area contributed by atoms with Crippen molar-refractivity contribution in [1.82, 2.24) is 19.4 Å². The summed E-state index contributed by atoms with van der Waals surface area (Å²) in [6.07, 6.45) is 2.51. The number of aliphatic imine (C=N–C) groups is 1. The number of H-pyrrole nitrogens is 1. The maximum Gasteiger partial charge on any atom is 0.274 e. The lowest BCUT2D eigenvalue weighted by Crippen LogP contribution is -2.44.